The first-order valence-corrected chi connectivity index (χ1v) is 9.76. The molecule has 2 N–H and O–H groups in total. The second kappa shape index (κ2) is 10.3. The Morgan fingerprint density at radius 2 is 1.74 bits per heavy atom. The summed E-state index contributed by atoms with van der Waals surface area (Å²) in [5.41, 5.74) is 1.25. The lowest BCUT2D eigenvalue weighted by atomic mass is 10.0. The van der Waals surface area contributed by atoms with Gasteiger partial charge in [-0.3, -0.25) is 9.59 Å². The van der Waals surface area contributed by atoms with Gasteiger partial charge in [-0.2, -0.15) is 0 Å². The number of carbonyl (C=O) groups excluding carboxylic acids is 2. The molecule has 2 atom stereocenters. The molecular formula is C21H24Cl2N2O2. The number of nitrogens with one attached hydrogen (secondary N) is 2. The summed E-state index contributed by atoms with van der Waals surface area (Å²) in [7, 11) is 0. The number of amides is 2. The maximum absolute atomic E-state index is 12.8. The van der Waals surface area contributed by atoms with E-state index in [1.54, 1.807) is 12.1 Å². The van der Waals surface area contributed by atoms with Gasteiger partial charge in [-0.25, -0.2) is 0 Å². The standard InChI is InChI=1S/C21H24Cl2N2O2/c1-3-7-14(2)24-21(27)19(12-15-8-5-4-6-9-15)25-20(26)17-11-10-16(22)13-18(17)23/h4-6,8-11,13-14,19H,3,7,12H2,1-2H3,(H,24,27)(H,25,26)/t14-,19-/m0/s1. The van der Waals surface area contributed by atoms with Crippen LogP contribution in [0.1, 0.15) is 42.6 Å². The zero-order chi connectivity index (χ0) is 19.8. The normalized spacial score (nSPS) is 12.9. The van der Waals surface area contributed by atoms with Crippen molar-refractivity contribution in [3.05, 3.63) is 69.7 Å². The van der Waals surface area contributed by atoms with Gasteiger partial charge in [0.15, 0.2) is 0 Å². The monoisotopic (exact) mass is 406 g/mol. The van der Waals surface area contributed by atoms with Crippen molar-refractivity contribution in [2.75, 3.05) is 0 Å². The van der Waals surface area contributed by atoms with Gasteiger partial charge in [0.2, 0.25) is 5.91 Å². The number of hydrogen-bond donors (Lipinski definition) is 2. The van der Waals surface area contributed by atoms with E-state index in [0.29, 0.717) is 11.4 Å². The molecule has 0 aromatic heterocycles. The highest BCUT2D eigenvalue weighted by Gasteiger charge is 2.24. The minimum absolute atomic E-state index is 0.0387. The molecule has 2 amide bonds. The minimum atomic E-state index is -0.703. The highest BCUT2D eigenvalue weighted by Crippen LogP contribution is 2.21. The Morgan fingerprint density at radius 3 is 2.37 bits per heavy atom. The number of benzene rings is 2. The molecule has 0 spiro atoms. The molecule has 0 fully saturated rings. The maximum atomic E-state index is 12.8. The molecular weight excluding hydrogens is 383 g/mol. The van der Waals surface area contributed by atoms with Gasteiger partial charge >= 0.3 is 0 Å². The number of carbonyl (C=O) groups is 2. The third-order valence-corrected chi connectivity index (χ3v) is 4.74. The van der Waals surface area contributed by atoms with Crippen LogP contribution < -0.4 is 10.6 Å². The molecule has 2 rings (SSSR count). The molecule has 0 unspecified atom stereocenters. The first kappa shape index (κ1) is 21.3. The molecule has 0 heterocycles. The molecule has 4 nitrogen and oxygen atoms in total. The van der Waals surface area contributed by atoms with Crippen molar-refractivity contribution in [3.63, 3.8) is 0 Å². The lowest BCUT2D eigenvalue weighted by Crippen LogP contribution is -2.50. The SMILES string of the molecule is CCC[C@H](C)NC(=O)[C@H](Cc1ccccc1)NC(=O)c1ccc(Cl)cc1Cl. The van der Waals surface area contributed by atoms with Crippen LogP contribution in [0.15, 0.2) is 48.5 Å². The Balaban J connectivity index is 2.17. The van der Waals surface area contributed by atoms with Crippen LogP contribution in [0.4, 0.5) is 0 Å². The zero-order valence-corrected chi connectivity index (χ0v) is 17.0. The molecule has 0 saturated carbocycles. The van der Waals surface area contributed by atoms with E-state index in [-0.39, 0.29) is 22.5 Å². The van der Waals surface area contributed by atoms with Crippen LogP contribution in [0.25, 0.3) is 0 Å². The summed E-state index contributed by atoms with van der Waals surface area (Å²) >= 11 is 12.0. The van der Waals surface area contributed by atoms with Gasteiger partial charge in [-0.05, 0) is 37.1 Å². The van der Waals surface area contributed by atoms with Crippen molar-refractivity contribution < 1.29 is 9.59 Å². The number of hydrogen-bond acceptors (Lipinski definition) is 2. The van der Waals surface area contributed by atoms with Crippen LogP contribution in [0.3, 0.4) is 0 Å². The molecule has 2 aromatic rings. The summed E-state index contributed by atoms with van der Waals surface area (Å²) in [5, 5.41) is 6.48. The number of halogens is 2. The van der Waals surface area contributed by atoms with Crippen LogP contribution in [0.5, 0.6) is 0 Å². The van der Waals surface area contributed by atoms with E-state index in [0.717, 1.165) is 18.4 Å². The number of rotatable bonds is 8. The Hall–Kier alpha value is -2.04. The van der Waals surface area contributed by atoms with Gasteiger partial charge in [-0.15, -0.1) is 0 Å². The maximum Gasteiger partial charge on any atom is 0.253 e. The molecule has 0 radical (unpaired) electrons. The predicted octanol–water partition coefficient (Wildman–Crippen LogP) is 4.64. The molecule has 0 saturated heterocycles. The van der Waals surface area contributed by atoms with Crippen LogP contribution >= 0.6 is 23.2 Å². The molecule has 0 aliphatic heterocycles. The topological polar surface area (TPSA) is 58.2 Å². The van der Waals surface area contributed by atoms with Gasteiger partial charge < -0.3 is 10.6 Å². The van der Waals surface area contributed by atoms with Crippen molar-refractivity contribution in [2.45, 2.75) is 45.2 Å². The van der Waals surface area contributed by atoms with Gasteiger partial charge in [-0.1, -0.05) is 66.9 Å². The first-order valence-electron chi connectivity index (χ1n) is 9.01. The van der Waals surface area contributed by atoms with Crippen molar-refractivity contribution in [3.8, 4) is 0 Å². The third-order valence-electron chi connectivity index (χ3n) is 4.19. The Morgan fingerprint density at radius 1 is 1.04 bits per heavy atom. The Kier molecular flexibility index (Phi) is 8.14. The van der Waals surface area contributed by atoms with E-state index < -0.39 is 11.9 Å². The summed E-state index contributed by atoms with van der Waals surface area (Å²) in [6.07, 6.45) is 2.24. The van der Waals surface area contributed by atoms with Gasteiger partial charge in [0, 0.05) is 17.5 Å². The Bertz CT molecular complexity index is 781. The largest absolute Gasteiger partial charge is 0.352 e. The van der Waals surface area contributed by atoms with Crippen molar-refractivity contribution in [1.82, 2.24) is 10.6 Å². The summed E-state index contributed by atoms with van der Waals surface area (Å²) < 4.78 is 0. The van der Waals surface area contributed by atoms with E-state index in [2.05, 4.69) is 17.6 Å². The van der Waals surface area contributed by atoms with E-state index in [4.69, 9.17) is 23.2 Å². The first-order chi connectivity index (χ1) is 12.9. The molecule has 0 aliphatic carbocycles. The van der Waals surface area contributed by atoms with E-state index in [9.17, 15) is 9.59 Å². The third kappa shape index (κ3) is 6.56. The molecule has 2 aromatic carbocycles. The molecule has 6 heteroatoms. The van der Waals surface area contributed by atoms with Gasteiger partial charge in [0.1, 0.15) is 6.04 Å². The van der Waals surface area contributed by atoms with Crippen molar-refractivity contribution in [1.29, 1.82) is 0 Å². The predicted molar refractivity (Wildman–Crippen MR) is 110 cm³/mol. The quantitative estimate of drug-likeness (QED) is 0.670. The highest BCUT2D eigenvalue weighted by atomic mass is 35.5. The fraction of sp³-hybridized carbons (Fsp3) is 0.333. The Labute approximate surface area is 170 Å². The van der Waals surface area contributed by atoms with Crippen LogP contribution in [-0.2, 0) is 11.2 Å². The minimum Gasteiger partial charge on any atom is -0.352 e. The summed E-state index contributed by atoms with van der Waals surface area (Å²) in [6.45, 7) is 4.02. The second-order valence-electron chi connectivity index (χ2n) is 6.54. The lowest BCUT2D eigenvalue weighted by molar-refractivity contribution is -0.123. The smallest absolute Gasteiger partial charge is 0.253 e. The summed E-state index contributed by atoms with van der Waals surface area (Å²) in [4.78, 5) is 25.4. The van der Waals surface area contributed by atoms with Crippen LogP contribution in [0, 0.1) is 0 Å². The average molecular weight is 407 g/mol. The molecule has 144 valence electrons. The molecule has 27 heavy (non-hydrogen) atoms. The van der Waals surface area contributed by atoms with Crippen LogP contribution in [0.2, 0.25) is 10.0 Å². The lowest BCUT2D eigenvalue weighted by Gasteiger charge is -2.22. The van der Waals surface area contributed by atoms with Gasteiger partial charge in [0.05, 0.1) is 10.6 Å². The van der Waals surface area contributed by atoms with E-state index in [1.807, 2.05) is 37.3 Å². The van der Waals surface area contributed by atoms with Crippen molar-refractivity contribution in [2.24, 2.45) is 0 Å². The van der Waals surface area contributed by atoms with Crippen LogP contribution in [-0.4, -0.2) is 23.9 Å². The average Bonchev–Trinajstić information content (AvgIpc) is 2.62. The second-order valence-corrected chi connectivity index (χ2v) is 7.38. The summed E-state index contributed by atoms with van der Waals surface area (Å²) in [6, 6.07) is 13.6. The fourth-order valence-corrected chi connectivity index (χ4v) is 3.31. The van der Waals surface area contributed by atoms with E-state index in [1.165, 1.54) is 6.07 Å². The fourth-order valence-electron chi connectivity index (χ4n) is 2.82. The summed E-state index contributed by atoms with van der Waals surface area (Å²) in [5.74, 6) is -0.617. The van der Waals surface area contributed by atoms with Crippen molar-refractivity contribution >= 4 is 35.0 Å². The highest BCUT2D eigenvalue weighted by molar-refractivity contribution is 6.36. The molecule has 0 bridgehead atoms. The van der Waals surface area contributed by atoms with E-state index >= 15 is 0 Å². The zero-order valence-electron chi connectivity index (χ0n) is 15.5. The molecule has 0 aliphatic rings. The van der Waals surface area contributed by atoms with Gasteiger partial charge in [0.25, 0.3) is 5.91 Å².